The van der Waals surface area contributed by atoms with Crippen molar-refractivity contribution in [3.05, 3.63) is 418 Å². The number of rotatable bonds is 20. The Kier molecular flexibility index (Phi) is 29.0. The van der Waals surface area contributed by atoms with Crippen molar-refractivity contribution in [1.82, 2.24) is 49.8 Å². The second-order valence-electron chi connectivity index (χ2n) is 33.4. The van der Waals surface area contributed by atoms with E-state index in [0.717, 1.165) is 180 Å². The monoisotopic (exact) mass is 1810 g/mol. The Bertz CT molecular complexity index is 7720. The molecular formula is C114H101ClFN15O5. The number of para-hydroxylation sites is 3. The van der Waals surface area contributed by atoms with Crippen LogP contribution in [0.2, 0.25) is 5.02 Å². The van der Waals surface area contributed by atoms with Gasteiger partial charge in [0.1, 0.15) is 124 Å². The third kappa shape index (κ3) is 23.7. The number of nitrogens with zero attached hydrogens (tertiary/aromatic N) is 10. The summed E-state index contributed by atoms with van der Waals surface area (Å²) in [5.41, 5.74) is 25.7. The summed E-state index contributed by atoms with van der Waals surface area (Å²) in [6, 6.07) is 95.3. The smallest absolute Gasteiger partial charge is 0.141 e. The van der Waals surface area contributed by atoms with E-state index in [2.05, 4.69) is 226 Å². The van der Waals surface area contributed by atoms with E-state index >= 15 is 0 Å². The Labute approximate surface area is 795 Å². The average molecular weight is 1820 g/mol. The molecule has 5 heterocycles. The highest BCUT2D eigenvalue weighted by Gasteiger charge is 2.17. The van der Waals surface area contributed by atoms with Crippen LogP contribution < -0.4 is 50.3 Å². The molecule has 20 rings (SSSR count). The van der Waals surface area contributed by atoms with Crippen LogP contribution in [0.4, 0.5) is 61.9 Å². The zero-order valence-corrected chi connectivity index (χ0v) is 78.7. The maximum atomic E-state index is 13.3. The first kappa shape index (κ1) is 92.5. The number of ether oxygens (including phenoxy) is 5. The molecule has 0 saturated carbocycles. The van der Waals surface area contributed by atoms with Crippen molar-refractivity contribution in [2.24, 2.45) is 0 Å². The Morgan fingerprint density at radius 1 is 0.213 bits per heavy atom. The van der Waals surface area contributed by atoms with E-state index < -0.39 is 0 Å². The zero-order valence-electron chi connectivity index (χ0n) is 77.9. The van der Waals surface area contributed by atoms with Gasteiger partial charge in [0, 0.05) is 96.8 Å². The molecular weight excluding hydrogens is 1710 g/mol. The molecule has 676 valence electrons. The summed E-state index contributed by atoms with van der Waals surface area (Å²) >= 11 is 5.94. The van der Waals surface area contributed by atoms with Gasteiger partial charge in [-0.15, -0.1) is 0 Å². The maximum absolute atomic E-state index is 13.3. The highest BCUT2D eigenvalue weighted by Crippen LogP contribution is 2.39. The molecule has 5 N–H and O–H groups in total. The van der Waals surface area contributed by atoms with Gasteiger partial charge >= 0.3 is 0 Å². The second kappa shape index (κ2) is 42.6. The van der Waals surface area contributed by atoms with Gasteiger partial charge < -0.3 is 50.3 Å². The molecule has 20 nitrogen and oxygen atoms in total. The largest absolute Gasteiger partial charge is 0.457 e. The van der Waals surface area contributed by atoms with Gasteiger partial charge in [-0.3, -0.25) is 0 Å². The molecule has 0 radical (unpaired) electrons. The fourth-order valence-electron chi connectivity index (χ4n) is 14.8. The van der Waals surface area contributed by atoms with Crippen LogP contribution in [0.3, 0.4) is 0 Å². The lowest BCUT2D eigenvalue weighted by Gasteiger charge is -2.14. The first-order valence-corrected chi connectivity index (χ1v) is 44.8. The molecule has 0 fully saturated rings. The summed E-state index contributed by atoms with van der Waals surface area (Å²) in [6.07, 6.45) is 7.92. The Balaban J connectivity index is 0.000000123. The van der Waals surface area contributed by atoms with Gasteiger partial charge in [-0.25, -0.2) is 54.2 Å². The number of fused-ring (bicyclic) bond motifs is 5. The van der Waals surface area contributed by atoms with E-state index in [9.17, 15) is 4.39 Å². The van der Waals surface area contributed by atoms with Gasteiger partial charge in [0.25, 0.3) is 0 Å². The highest BCUT2D eigenvalue weighted by atomic mass is 35.5. The van der Waals surface area contributed by atoms with Crippen LogP contribution in [-0.2, 0) is 0 Å². The Hall–Kier alpha value is -16.8. The Morgan fingerprint density at radius 3 is 0.919 bits per heavy atom. The SMILES string of the molecule is Cc1cc(Nc2ncnc3cc(C)c(C)cc23)cc(Oc2ccccc2)c1.Cc1cc2ncnc(Nc3cc(Oc4ccc(Cl)cc4)ccc3C)c2cc1C.Cc1cc2ncnc(Nc3cc(Oc4ccccc4)ccc3C)c2cc1C.Cc1cc2ncnc(Nc3ccc(C)c(Oc4ccccc4)c3)c2cc1C.Cc1cc2ncnc(Nc3cccc(Oc4cccc(F)c4)c3)c2cc1C. The minimum atomic E-state index is -0.333. The van der Waals surface area contributed by atoms with Crippen LogP contribution in [0.5, 0.6) is 57.5 Å². The molecule has 0 bridgehead atoms. The average Bonchev–Trinajstić information content (AvgIpc) is 0.810. The van der Waals surface area contributed by atoms with Gasteiger partial charge in [0.05, 0.1) is 27.6 Å². The zero-order chi connectivity index (χ0) is 94.9. The number of nitrogens with one attached hydrogen (secondary N) is 5. The van der Waals surface area contributed by atoms with Crippen molar-refractivity contribution in [3.8, 4) is 57.5 Å². The van der Waals surface area contributed by atoms with Crippen molar-refractivity contribution in [2.75, 3.05) is 26.6 Å². The third-order valence-electron chi connectivity index (χ3n) is 23.0. The minimum absolute atomic E-state index is 0.333. The van der Waals surface area contributed by atoms with Crippen LogP contribution in [0.15, 0.2) is 329 Å². The number of halogens is 2. The molecule has 0 spiro atoms. The molecule has 15 aromatic carbocycles. The standard InChI is InChI=1S/C23H20ClN3O.3C23H21N3O.C22H18FN3O/c1-14-4-7-19(28-18-8-5-17(24)6-9-18)12-21(14)27-23-20-10-15(2)16(3)11-22(20)25-13-26-23;1-15-9-18(13-20(10-15)27-19-7-5-4-6-8-19)26-23-21-11-16(2)17(3)12-22(21)24-14-25-23;1-15-9-10-18(13-22(15)27-19-7-5-4-6-8-19)26-23-20-11-16(2)17(3)12-21(20)24-14-25-23;1-15-9-10-19(27-18-7-5-4-6-8-18)13-21(15)26-23-20-11-16(2)17(3)12-22(20)24-14-25-23;1-14-9-20-21(10-15(14)2)24-13-25-22(20)26-17-6-4-8-19(12-17)27-18-7-3-5-16(23)11-18/h4-13H,1-3H3,(H,25,26,27);3*4-14H,1-3H3,(H,24,25,26);3-13H,1-2H3,(H,24,25,26). The van der Waals surface area contributed by atoms with Gasteiger partial charge in [0.2, 0.25) is 0 Å². The molecule has 5 aromatic heterocycles. The molecule has 0 aliphatic heterocycles. The van der Waals surface area contributed by atoms with E-state index in [0.29, 0.717) is 16.5 Å². The summed E-state index contributed by atoms with van der Waals surface area (Å²) < 4.78 is 43.0. The highest BCUT2D eigenvalue weighted by molar-refractivity contribution is 6.30. The van der Waals surface area contributed by atoms with Gasteiger partial charge in [-0.1, -0.05) is 96.5 Å². The normalized spacial score (nSPS) is 10.8. The summed E-state index contributed by atoms with van der Waals surface area (Å²) in [4.78, 5) is 44.2. The Morgan fingerprint density at radius 2 is 0.515 bits per heavy atom. The van der Waals surface area contributed by atoms with Crippen LogP contribution in [0, 0.1) is 103 Å². The third-order valence-corrected chi connectivity index (χ3v) is 23.3. The molecule has 0 saturated heterocycles. The fourth-order valence-corrected chi connectivity index (χ4v) is 14.9. The van der Waals surface area contributed by atoms with Crippen LogP contribution in [0.1, 0.15) is 77.9 Å². The molecule has 0 aliphatic rings. The van der Waals surface area contributed by atoms with Crippen molar-refractivity contribution in [1.29, 1.82) is 0 Å². The number of aryl methyl sites for hydroxylation is 14. The quantitative estimate of drug-likeness (QED) is 0.0477. The first-order valence-electron chi connectivity index (χ1n) is 44.4. The van der Waals surface area contributed by atoms with Crippen molar-refractivity contribution >= 4 is 124 Å². The van der Waals surface area contributed by atoms with Gasteiger partial charge in [-0.2, -0.15) is 0 Å². The maximum Gasteiger partial charge on any atom is 0.141 e. The predicted molar refractivity (Wildman–Crippen MR) is 550 cm³/mol. The van der Waals surface area contributed by atoms with Crippen molar-refractivity contribution in [3.63, 3.8) is 0 Å². The lowest BCUT2D eigenvalue weighted by atomic mass is 10.1. The van der Waals surface area contributed by atoms with Gasteiger partial charge in [-0.05, 0) is 351 Å². The number of hydrogen-bond donors (Lipinski definition) is 5. The van der Waals surface area contributed by atoms with Crippen LogP contribution in [0.25, 0.3) is 54.5 Å². The molecule has 0 atom stereocenters. The summed E-state index contributed by atoms with van der Waals surface area (Å²) in [6.45, 7) is 29.1. The number of anilines is 10. The number of hydrogen-bond acceptors (Lipinski definition) is 20. The second-order valence-corrected chi connectivity index (χ2v) is 33.8. The van der Waals surface area contributed by atoms with Crippen LogP contribution in [-0.4, -0.2) is 49.8 Å². The van der Waals surface area contributed by atoms with Crippen LogP contribution >= 0.6 is 11.6 Å². The van der Waals surface area contributed by atoms with Gasteiger partial charge in [0.15, 0.2) is 0 Å². The van der Waals surface area contributed by atoms with E-state index in [1.165, 1.54) is 67.8 Å². The van der Waals surface area contributed by atoms with E-state index in [1.807, 2.05) is 220 Å². The summed E-state index contributed by atoms with van der Waals surface area (Å²) in [7, 11) is 0. The molecule has 136 heavy (non-hydrogen) atoms. The molecule has 20 aromatic rings. The van der Waals surface area contributed by atoms with Crippen molar-refractivity contribution in [2.45, 2.75) is 96.9 Å². The summed E-state index contributed by atoms with van der Waals surface area (Å²) in [5, 5.41) is 22.7. The fraction of sp³-hybridized carbons (Fsp3) is 0.123. The van der Waals surface area contributed by atoms with Crippen molar-refractivity contribution < 1.29 is 28.1 Å². The predicted octanol–water partition coefficient (Wildman–Crippen LogP) is 30.9. The van der Waals surface area contributed by atoms with E-state index in [4.69, 9.17) is 35.3 Å². The minimum Gasteiger partial charge on any atom is -0.457 e. The number of aromatic nitrogens is 10. The molecule has 0 unspecified atom stereocenters. The van der Waals surface area contributed by atoms with E-state index in [-0.39, 0.29) is 5.82 Å². The summed E-state index contributed by atoms with van der Waals surface area (Å²) in [5.74, 6) is 10.9. The topological polar surface area (TPSA) is 235 Å². The first-order chi connectivity index (χ1) is 65.8. The lowest BCUT2D eigenvalue weighted by Crippen LogP contribution is -1.99. The molecule has 0 amide bonds. The van der Waals surface area contributed by atoms with E-state index in [1.54, 1.807) is 43.8 Å². The molecule has 22 heteroatoms. The molecule has 0 aliphatic carbocycles. The number of benzene rings is 15. The lowest BCUT2D eigenvalue weighted by molar-refractivity contribution is 0.477.